The van der Waals surface area contributed by atoms with E-state index in [0.717, 1.165) is 0 Å². The van der Waals surface area contributed by atoms with Gasteiger partial charge in [0.1, 0.15) is 0 Å². The molecular weight excluding hydrogens is 132 g/mol. The molecule has 0 bridgehead atoms. The van der Waals surface area contributed by atoms with Gasteiger partial charge in [-0.3, -0.25) is 0 Å². The first-order valence-electron chi connectivity index (χ1n) is 3.45. The lowest BCUT2D eigenvalue weighted by Crippen LogP contribution is -2.29. The molecule has 0 spiro atoms. The highest BCUT2D eigenvalue weighted by molar-refractivity contribution is 5.64. The average Bonchev–Trinajstić information content (AvgIpc) is 1.81. The van der Waals surface area contributed by atoms with Gasteiger partial charge in [0.15, 0.2) is 0 Å². The number of aliphatic carboxylic acids is 1. The Morgan fingerprint density at radius 1 is 1.70 bits per heavy atom. The Balaban J connectivity index is 3.71. The number of carboxylic acid groups (broad SMARTS) is 1. The van der Waals surface area contributed by atoms with Gasteiger partial charge in [-0.05, 0) is 19.3 Å². The van der Waals surface area contributed by atoms with E-state index >= 15 is 0 Å². The summed E-state index contributed by atoms with van der Waals surface area (Å²) < 4.78 is 0. The fourth-order valence-electron chi connectivity index (χ4n) is 0.870. The Bertz CT molecular complexity index is 109. The summed E-state index contributed by atoms with van der Waals surface area (Å²) in [6, 6.07) is 0. The zero-order valence-corrected chi connectivity index (χ0v) is 6.33. The zero-order chi connectivity index (χ0) is 8.15. The average molecular weight is 145 g/mol. The minimum Gasteiger partial charge on any atom is -0.550 e. The van der Waals surface area contributed by atoms with Crippen LogP contribution in [0.4, 0.5) is 0 Å². The van der Waals surface area contributed by atoms with Gasteiger partial charge in [0.05, 0.1) is 6.10 Å². The Morgan fingerprint density at radius 3 is 2.30 bits per heavy atom. The smallest absolute Gasteiger partial charge is 0.0543 e. The number of aliphatic hydroxyl groups excluding tert-OH is 1. The summed E-state index contributed by atoms with van der Waals surface area (Å²) in [5.74, 6) is -1.25. The number of carbonyl (C=O) groups excluding carboxylic acids is 1. The van der Waals surface area contributed by atoms with E-state index in [4.69, 9.17) is 5.11 Å². The molecule has 1 N–H and O–H groups in total. The van der Waals surface area contributed by atoms with Crippen LogP contribution >= 0.6 is 0 Å². The summed E-state index contributed by atoms with van der Waals surface area (Å²) in [7, 11) is 0. The van der Waals surface area contributed by atoms with Gasteiger partial charge in [-0.15, -0.1) is 0 Å². The summed E-state index contributed by atoms with van der Waals surface area (Å²) in [4.78, 5) is 10.1. The molecule has 0 rings (SSSR count). The molecule has 0 saturated heterocycles. The van der Waals surface area contributed by atoms with E-state index in [1.807, 2.05) is 6.92 Å². The zero-order valence-electron chi connectivity index (χ0n) is 6.33. The first-order chi connectivity index (χ1) is 4.57. The molecular formula is C7H13O3-. The van der Waals surface area contributed by atoms with Gasteiger partial charge in [-0.25, -0.2) is 0 Å². The van der Waals surface area contributed by atoms with Crippen molar-refractivity contribution in [2.45, 2.75) is 32.8 Å². The Labute approximate surface area is 60.7 Å². The predicted molar refractivity (Wildman–Crippen MR) is 35.1 cm³/mol. The van der Waals surface area contributed by atoms with Gasteiger partial charge in [0.2, 0.25) is 0 Å². The number of hydrogen-bond acceptors (Lipinski definition) is 3. The summed E-state index contributed by atoms with van der Waals surface area (Å²) in [6.45, 7) is 3.44. The lowest BCUT2D eigenvalue weighted by Gasteiger charge is -2.17. The number of aliphatic hydroxyl groups is 1. The summed E-state index contributed by atoms with van der Waals surface area (Å²) >= 11 is 0. The molecule has 0 aliphatic heterocycles. The van der Waals surface area contributed by atoms with Gasteiger partial charge >= 0.3 is 0 Å². The van der Waals surface area contributed by atoms with Crippen LogP contribution in [0.2, 0.25) is 0 Å². The molecule has 0 amide bonds. The van der Waals surface area contributed by atoms with Crippen molar-refractivity contribution >= 4 is 5.97 Å². The third-order valence-corrected chi connectivity index (χ3v) is 1.64. The molecule has 0 aromatic rings. The standard InChI is InChI=1S/C7H14O3/c1-3-6(5(2)8)4-7(9)10/h5-6,8H,3-4H2,1-2H3,(H,9,10)/p-1. The van der Waals surface area contributed by atoms with E-state index in [1.54, 1.807) is 6.92 Å². The topological polar surface area (TPSA) is 60.4 Å². The Hall–Kier alpha value is -0.570. The molecule has 0 saturated carbocycles. The number of rotatable bonds is 4. The summed E-state index contributed by atoms with van der Waals surface area (Å²) in [6.07, 6.45) is 0.0719. The van der Waals surface area contributed by atoms with Gasteiger partial charge in [0.25, 0.3) is 0 Å². The highest BCUT2D eigenvalue weighted by Gasteiger charge is 2.11. The van der Waals surface area contributed by atoms with Crippen LogP contribution in [-0.4, -0.2) is 17.2 Å². The molecule has 60 valence electrons. The van der Waals surface area contributed by atoms with Crippen molar-refractivity contribution in [3.05, 3.63) is 0 Å². The summed E-state index contributed by atoms with van der Waals surface area (Å²) in [5, 5.41) is 19.0. The predicted octanol–water partition coefficient (Wildman–Crippen LogP) is -0.467. The first-order valence-corrected chi connectivity index (χ1v) is 3.45. The number of carboxylic acids is 1. The molecule has 3 nitrogen and oxygen atoms in total. The van der Waals surface area contributed by atoms with Crippen LogP contribution in [0.5, 0.6) is 0 Å². The highest BCUT2D eigenvalue weighted by atomic mass is 16.4. The van der Waals surface area contributed by atoms with E-state index < -0.39 is 12.1 Å². The lowest BCUT2D eigenvalue weighted by atomic mass is 9.97. The molecule has 2 unspecified atom stereocenters. The van der Waals surface area contributed by atoms with Crippen molar-refractivity contribution in [2.75, 3.05) is 0 Å². The largest absolute Gasteiger partial charge is 0.550 e. The van der Waals surface area contributed by atoms with E-state index in [9.17, 15) is 9.90 Å². The fourth-order valence-corrected chi connectivity index (χ4v) is 0.870. The molecule has 0 aromatic heterocycles. The lowest BCUT2D eigenvalue weighted by molar-refractivity contribution is -0.307. The van der Waals surface area contributed by atoms with Gasteiger partial charge < -0.3 is 15.0 Å². The van der Waals surface area contributed by atoms with Crippen LogP contribution in [0.15, 0.2) is 0 Å². The molecule has 0 aliphatic rings. The van der Waals surface area contributed by atoms with Crippen LogP contribution in [0.1, 0.15) is 26.7 Å². The van der Waals surface area contributed by atoms with Crippen molar-refractivity contribution in [3.8, 4) is 0 Å². The molecule has 0 heterocycles. The maximum Gasteiger partial charge on any atom is 0.0543 e. The molecule has 10 heavy (non-hydrogen) atoms. The number of hydrogen-bond donors (Lipinski definition) is 1. The van der Waals surface area contributed by atoms with Crippen molar-refractivity contribution in [3.63, 3.8) is 0 Å². The third kappa shape index (κ3) is 3.45. The second kappa shape index (κ2) is 4.28. The SMILES string of the molecule is CCC(CC(=O)[O-])C(C)O. The van der Waals surface area contributed by atoms with Crippen LogP contribution < -0.4 is 5.11 Å². The molecule has 0 aromatic carbocycles. The third-order valence-electron chi connectivity index (χ3n) is 1.64. The molecule has 3 heteroatoms. The van der Waals surface area contributed by atoms with E-state index in [2.05, 4.69) is 0 Å². The van der Waals surface area contributed by atoms with Crippen LogP contribution in [-0.2, 0) is 4.79 Å². The molecule has 0 aliphatic carbocycles. The Morgan fingerprint density at radius 2 is 2.20 bits per heavy atom. The molecule has 0 fully saturated rings. The first kappa shape index (κ1) is 9.43. The van der Waals surface area contributed by atoms with E-state index in [-0.39, 0.29) is 12.3 Å². The van der Waals surface area contributed by atoms with Crippen molar-refractivity contribution in [1.29, 1.82) is 0 Å². The Kier molecular flexibility index (Phi) is 4.03. The van der Waals surface area contributed by atoms with Gasteiger partial charge in [0, 0.05) is 5.97 Å². The molecule has 0 radical (unpaired) electrons. The molecule has 2 atom stereocenters. The van der Waals surface area contributed by atoms with Crippen molar-refractivity contribution in [2.24, 2.45) is 5.92 Å². The van der Waals surface area contributed by atoms with Crippen molar-refractivity contribution in [1.82, 2.24) is 0 Å². The maximum atomic E-state index is 10.1. The summed E-state index contributed by atoms with van der Waals surface area (Å²) in [5.41, 5.74) is 0. The fraction of sp³-hybridized carbons (Fsp3) is 0.857. The van der Waals surface area contributed by atoms with Crippen LogP contribution in [0.25, 0.3) is 0 Å². The second-order valence-corrected chi connectivity index (χ2v) is 2.49. The van der Waals surface area contributed by atoms with Crippen LogP contribution in [0.3, 0.4) is 0 Å². The highest BCUT2D eigenvalue weighted by Crippen LogP contribution is 2.11. The maximum absolute atomic E-state index is 10.1. The monoisotopic (exact) mass is 145 g/mol. The van der Waals surface area contributed by atoms with Crippen LogP contribution in [0, 0.1) is 5.92 Å². The van der Waals surface area contributed by atoms with Crippen molar-refractivity contribution < 1.29 is 15.0 Å². The van der Waals surface area contributed by atoms with E-state index in [0.29, 0.717) is 6.42 Å². The van der Waals surface area contributed by atoms with E-state index in [1.165, 1.54) is 0 Å². The quantitative estimate of drug-likeness (QED) is 0.582. The van der Waals surface area contributed by atoms with Gasteiger partial charge in [-0.1, -0.05) is 13.3 Å². The minimum atomic E-state index is -1.09. The normalized spacial score (nSPS) is 16.3. The van der Waals surface area contributed by atoms with Gasteiger partial charge in [-0.2, -0.15) is 0 Å². The second-order valence-electron chi connectivity index (χ2n) is 2.49. The number of carbonyl (C=O) groups is 1. The minimum absolute atomic E-state index is 0.0475.